The van der Waals surface area contributed by atoms with Gasteiger partial charge >= 0.3 is 5.97 Å². The number of hydrogen-bond donors (Lipinski definition) is 2. The normalized spacial score (nSPS) is 18.7. The first-order valence-electron chi connectivity index (χ1n) is 9.96. The number of amides is 4. The van der Waals surface area contributed by atoms with E-state index in [-0.39, 0.29) is 37.2 Å². The maximum Gasteiger partial charge on any atom is 0.332 e. The molecular formula is C21H25N3O7. The number of nitrogens with zero attached hydrogens (tertiary/aromatic N) is 1. The van der Waals surface area contributed by atoms with Gasteiger partial charge in [-0.25, -0.2) is 4.79 Å². The Hall–Kier alpha value is -3.27. The Balaban J connectivity index is 1.55. The predicted octanol–water partition coefficient (Wildman–Crippen LogP) is 0.858. The highest BCUT2D eigenvalue weighted by Crippen LogP contribution is 2.29. The van der Waals surface area contributed by atoms with E-state index in [0.717, 1.165) is 4.90 Å². The van der Waals surface area contributed by atoms with Gasteiger partial charge in [0.2, 0.25) is 11.8 Å². The zero-order valence-corrected chi connectivity index (χ0v) is 17.6. The first-order chi connectivity index (χ1) is 14.6. The minimum absolute atomic E-state index is 0.0694. The van der Waals surface area contributed by atoms with Crippen molar-refractivity contribution in [3.63, 3.8) is 0 Å². The molecule has 0 aromatic heterocycles. The van der Waals surface area contributed by atoms with Crippen molar-refractivity contribution in [1.29, 1.82) is 0 Å². The van der Waals surface area contributed by atoms with Gasteiger partial charge in [-0.1, -0.05) is 0 Å². The van der Waals surface area contributed by atoms with E-state index in [1.54, 1.807) is 26.8 Å². The molecule has 2 aliphatic rings. The number of hydrogen-bond acceptors (Lipinski definition) is 8. The largest absolute Gasteiger partial charge is 0.458 e. The van der Waals surface area contributed by atoms with Gasteiger partial charge in [-0.2, -0.15) is 0 Å². The Morgan fingerprint density at radius 1 is 1.16 bits per heavy atom. The van der Waals surface area contributed by atoms with Crippen LogP contribution >= 0.6 is 0 Å². The number of anilines is 1. The van der Waals surface area contributed by atoms with Gasteiger partial charge in [-0.15, -0.1) is 0 Å². The topological polar surface area (TPSA) is 131 Å². The minimum atomic E-state index is -0.997. The zero-order valence-electron chi connectivity index (χ0n) is 17.6. The molecule has 4 amide bonds. The third kappa shape index (κ3) is 5.26. The number of benzene rings is 1. The summed E-state index contributed by atoms with van der Waals surface area (Å²) < 4.78 is 10.4. The molecular weight excluding hydrogens is 406 g/mol. The molecule has 0 spiro atoms. The highest BCUT2D eigenvalue weighted by Gasteiger charge is 2.44. The molecule has 3 rings (SSSR count). The number of nitrogens with one attached hydrogen (secondary N) is 2. The molecule has 2 aliphatic heterocycles. The lowest BCUT2D eigenvalue weighted by Gasteiger charge is -2.27. The van der Waals surface area contributed by atoms with Crippen LogP contribution in [0.25, 0.3) is 0 Å². The maximum absolute atomic E-state index is 12.8. The molecule has 1 aromatic carbocycles. The molecule has 1 atom stereocenters. The van der Waals surface area contributed by atoms with Gasteiger partial charge in [0.25, 0.3) is 11.8 Å². The van der Waals surface area contributed by atoms with Crippen molar-refractivity contribution < 1.29 is 33.4 Å². The molecule has 0 saturated carbocycles. The summed E-state index contributed by atoms with van der Waals surface area (Å²) in [6.07, 6.45) is 0.177. The molecule has 2 N–H and O–H groups in total. The van der Waals surface area contributed by atoms with Gasteiger partial charge in [-0.3, -0.25) is 29.4 Å². The lowest BCUT2D eigenvalue weighted by atomic mass is 10.0. The molecule has 0 bridgehead atoms. The number of ether oxygens (including phenoxy) is 2. The SMILES string of the molecule is CC(C)(C)OC(=O)COCCNc1ccc2c(c1)C(=O)N(C1CCC(=O)NC1=O)C2=O. The van der Waals surface area contributed by atoms with Gasteiger partial charge in [0.05, 0.1) is 17.7 Å². The Labute approximate surface area is 179 Å². The minimum Gasteiger partial charge on any atom is -0.458 e. The van der Waals surface area contributed by atoms with Crippen LogP contribution in [0.5, 0.6) is 0 Å². The van der Waals surface area contributed by atoms with Crippen molar-refractivity contribution in [1.82, 2.24) is 10.2 Å². The lowest BCUT2D eigenvalue weighted by Crippen LogP contribution is -2.54. The molecule has 166 valence electrons. The Morgan fingerprint density at radius 2 is 1.87 bits per heavy atom. The fourth-order valence-corrected chi connectivity index (χ4v) is 3.37. The van der Waals surface area contributed by atoms with Crippen LogP contribution in [0.15, 0.2) is 18.2 Å². The van der Waals surface area contributed by atoms with Gasteiger partial charge in [0.1, 0.15) is 18.2 Å². The summed E-state index contributed by atoms with van der Waals surface area (Å²) in [6, 6.07) is 3.70. The second kappa shape index (κ2) is 8.84. The number of rotatable bonds is 7. The summed E-state index contributed by atoms with van der Waals surface area (Å²) in [5, 5.41) is 5.22. The summed E-state index contributed by atoms with van der Waals surface area (Å²) in [7, 11) is 0. The molecule has 1 saturated heterocycles. The van der Waals surface area contributed by atoms with Gasteiger partial charge in [0, 0.05) is 18.7 Å². The van der Waals surface area contributed by atoms with Gasteiger partial charge in [-0.05, 0) is 45.4 Å². The fourth-order valence-electron chi connectivity index (χ4n) is 3.37. The van der Waals surface area contributed by atoms with Crippen molar-refractivity contribution in [2.45, 2.75) is 45.3 Å². The second-order valence-corrected chi connectivity index (χ2v) is 8.27. The van der Waals surface area contributed by atoms with Crippen LogP contribution in [0.3, 0.4) is 0 Å². The summed E-state index contributed by atoms with van der Waals surface area (Å²) in [6.45, 7) is 5.73. The van der Waals surface area contributed by atoms with Crippen LogP contribution in [0.1, 0.15) is 54.3 Å². The summed E-state index contributed by atoms with van der Waals surface area (Å²) >= 11 is 0. The zero-order chi connectivity index (χ0) is 22.8. The number of carbonyl (C=O) groups is 5. The van der Waals surface area contributed by atoms with E-state index in [1.807, 2.05) is 0 Å². The van der Waals surface area contributed by atoms with Crippen LogP contribution in [0.4, 0.5) is 5.69 Å². The van der Waals surface area contributed by atoms with Crippen molar-refractivity contribution in [2.75, 3.05) is 25.1 Å². The van der Waals surface area contributed by atoms with Crippen LogP contribution in [0, 0.1) is 0 Å². The number of imide groups is 2. The molecule has 0 radical (unpaired) electrons. The number of fused-ring (bicyclic) bond motifs is 1. The highest BCUT2D eigenvalue weighted by atomic mass is 16.6. The van der Waals surface area contributed by atoms with Crippen molar-refractivity contribution >= 4 is 35.3 Å². The summed E-state index contributed by atoms with van der Waals surface area (Å²) in [5.41, 5.74) is 0.413. The third-order valence-electron chi connectivity index (χ3n) is 4.66. The van der Waals surface area contributed by atoms with E-state index in [1.165, 1.54) is 12.1 Å². The smallest absolute Gasteiger partial charge is 0.332 e. The first-order valence-corrected chi connectivity index (χ1v) is 9.96. The predicted molar refractivity (Wildman–Crippen MR) is 108 cm³/mol. The van der Waals surface area contributed by atoms with Crippen molar-refractivity contribution in [3.05, 3.63) is 29.3 Å². The molecule has 2 heterocycles. The standard InChI is InChI=1S/C21H25N3O7/c1-21(2,3)31-17(26)11-30-9-8-22-12-4-5-13-14(10-12)20(29)24(19(13)28)15-6-7-16(25)23-18(15)27/h4-5,10,15,22H,6-9,11H2,1-3H3,(H,23,25,27). The second-order valence-electron chi connectivity index (χ2n) is 8.27. The Morgan fingerprint density at radius 3 is 2.55 bits per heavy atom. The third-order valence-corrected chi connectivity index (χ3v) is 4.66. The molecule has 1 fully saturated rings. The van der Waals surface area contributed by atoms with E-state index < -0.39 is 41.2 Å². The highest BCUT2D eigenvalue weighted by molar-refractivity contribution is 6.23. The van der Waals surface area contributed by atoms with Crippen molar-refractivity contribution in [2.24, 2.45) is 0 Å². The lowest BCUT2D eigenvalue weighted by molar-refractivity contribution is -0.160. The average molecular weight is 431 g/mol. The maximum atomic E-state index is 12.8. The molecule has 1 unspecified atom stereocenters. The number of esters is 1. The first kappa shape index (κ1) is 22.4. The van der Waals surface area contributed by atoms with Crippen molar-refractivity contribution in [3.8, 4) is 0 Å². The van der Waals surface area contributed by atoms with Crippen LogP contribution in [-0.2, 0) is 23.9 Å². The quantitative estimate of drug-likeness (QED) is 0.369. The summed E-state index contributed by atoms with van der Waals surface area (Å²) in [5.74, 6) is -2.65. The number of carbonyl (C=O) groups excluding carboxylic acids is 5. The fraction of sp³-hybridized carbons (Fsp3) is 0.476. The van der Waals surface area contributed by atoms with Crippen LogP contribution in [0.2, 0.25) is 0 Å². The van der Waals surface area contributed by atoms with E-state index in [0.29, 0.717) is 12.2 Å². The Kier molecular flexibility index (Phi) is 6.40. The van der Waals surface area contributed by atoms with E-state index >= 15 is 0 Å². The molecule has 10 heteroatoms. The molecule has 1 aromatic rings. The number of piperidine rings is 1. The van der Waals surface area contributed by atoms with E-state index in [2.05, 4.69) is 10.6 Å². The van der Waals surface area contributed by atoms with E-state index in [4.69, 9.17) is 9.47 Å². The summed E-state index contributed by atoms with van der Waals surface area (Å²) in [4.78, 5) is 61.4. The molecule has 10 nitrogen and oxygen atoms in total. The van der Waals surface area contributed by atoms with Crippen LogP contribution in [-0.4, -0.2) is 65.9 Å². The van der Waals surface area contributed by atoms with Gasteiger partial charge in [0.15, 0.2) is 0 Å². The van der Waals surface area contributed by atoms with Gasteiger partial charge < -0.3 is 14.8 Å². The van der Waals surface area contributed by atoms with E-state index in [9.17, 15) is 24.0 Å². The Bertz CT molecular complexity index is 935. The molecule has 0 aliphatic carbocycles. The monoisotopic (exact) mass is 431 g/mol. The van der Waals surface area contributed by atoms with Crippen LogP contribution < -0.4 is 10.6 Å². The average Bonchev–Trinajstić information content (AvgIpc) is 2.91. The molecule has 31 heavy (non-hydrogen) atoms.